The van der Waals surface area contributed by atoms with Crippen LogP contribution in [0.3, 0.4) is 0 Å². The van der Waals surface area contributed by atoms with Crippen LogP contribution in [-0.4, -0.2) is 59.6 Å². The highest BCUT2D eigenvalue weighted by Gasteiger charge is 2.38. The molecule has 0 aromatic carbocycles. The van der Waals surface area contributed by atoms with Crippen LogP contribution < -0.4 is 0 Å². The number of hydrogen-bond acceptors (Lipinski definition) is 5. The first-order chi connectivity index (χ1) is 11.7. The van der Waals surface area contributed by atoms with Gasteiger partial charge in [0.2, 0.25) is 0 Å². The average Bonchev–Trinajstić information content (AvgIpc) is 2.58. The predicted molar refractivity (Wildman–Crippen MR) is 94.9 cm³/mol. The zero-order valence-electron chi connectivity index (χ0n) is 15.1. The maximum Gasteiger partial charge on any atom is 0.114 e. The number of allylic oxidation sites excluding steroid dienone is 2. The summed E-state index contributed by atoms with van der Waals surface area (Å²) < 4.78 is 10.8. The number of unbranched alkanes of at least 4 members (excludes halogenated alkanes) is 7. The van der Waals surface area contributed by atoms with Crippen molar-refractivity contribution in [3.63, 3.8) is 0 Å². The van der Waals surface area contributed by atoms with Crippen LogP contribution in [0.2, 0.25) is 0 Å². The Morgan fingerprint density at radius 3 is 2.38 bits per heavy atom. The Bertz CT molecular complexity index is 321. The number of rotatable bonds is 13. The van der Waals surface area contributed by atoms with Crippen LogP contribution in [-0.2, 0) is 9.47 Å². The summed E-state index contributed by atoms with van der Waals surface area (Å²) in [5, 5.41) is 28.9. The zero-order chi connectivity index (χ0) is 17.6. The molecule has 1 rings (SSSR count). The van der Waals surface area contributed by atoms with E-state index in [2.05, 4.69) is 19.1 Å². The van der Waals surface area contributed by atoms with Crippen molar-refractivity contribution < 1.29 is 24.8 Å². The highest BCUT2D eigenvalue weighted by Crippen LogP contribution is 2.18. The molecular formula is C19H36O5. The van der Waals surface area contributed by atoms with Gasteiger partial charge in [-0.15, -0.1) is 0 Å². The van der Waals surface area contributed by atoms with E-state index < -0.39 is 24.4 Å². The van der Waals surface area contributed by atoms with E-state index in [4.69, 9.17) is 14.6 Å². The largest absolute Gasteiger partial charge is 0.394 e. The minimum absolute atomic E-state index is 0.0884. The van der Waals surface area contributed by atoms with Crippen molar-refractivity contribution >= 4 is 0 Å². The van der Waals surface area contributed by atoms with Gasteiger partial charge in [-0.3, -0.25) is 0 Å². The quantitative estimate of drug-likeness (QED) is 0.353. The van der Waals surface area contributed by atoms with Crippen molar-refractivity contribution in [2.75, 3.05) is 19.8 Å². The second kappa shape index (κ2) is 13.8. The molecule has 0 unspecified atom stereocenters. The Labute approximate surface area is 146 Å². The number of aliphatic hydroxyl groups is 3. The number of aliphatic hydroxyl groups excluding tert-OH is 3. The second-order valence-electron chi connectivity index (χ2n) is 6.62. The lowest BCUT2D eigenvalue weighted by atomic mass is 10.0. The summed E-state index contributed by atoms with van der Waals surface area (Å²) in [7, 11) is 0. The van der Waals surface area contributed by atoms with E-state index in [1.54, 1.807) is 0 Å². The van der Waals surface area contributed by atoms with Crippen LogP contribution >= 0.6 is 0 Å². The molecule has 5 nitrogen and oxygen atoms in total. The molecule has 3 N–H and O–H groups in total. The topological polar surface area (TPSA) is 79.2 Å². The average molecular weight is 344 g/mol. The highest BCUT2D eigenvalue weighted by molar-refractivity contribution is 4.88. The summed E-state index contributed by atoms with van der Waals surface area (Å²) in [6.07, 6.45) is 12.1. The van der Waals surface area contributed by atoms with Crippen molar-refractivity contribution in [3.05, 3.63) is 12.2 Å². The minimum Gasteiger partial charge on any atom is -0.394 e. The summed E-state index contributed by atoms with van der Waals surface area (Å²) >= 11 is 0. The van der Waals surface area contributed by atoms with E-state index in [0.717, 1.165) is 19.3 Å². The Morgan fingerprint density at radius 2 is 1.67 bits per heavy atom. The normalized spacial score (nSPS) is 27.8. The molecule has 1 fully saturated rings. The maximum absolute atomic E-state index is 9.99. The molecule has 5 heteroatoms. The Balaban J connectivity index is 2.01. The summed E-state index contributed by atoms with van der Waals surface area (Å²) in [5.41, 5.74) is 0. The molecule has 0 spiro atoms. The fraction of sp³-hybridized carbons (Fsp3) is 0.895. The lowest BCUT2D eigenvalue weighted by molar-refractivity contribution is -0.210. The SMILES string of the molecule is CCCCCCCC/C=C/CCCO[C@H]1[C@H](O)[C@@H](CO)OC[C@@H]1O. The zero-order valence-corrected chi connectivity index (χ0v) is 15.1. The third kappa shape index (κ3) is 8.58. The molecule has 1 aliphatic rings. The van der Waals surface area contributed by atoms with Crippen LogP contribution in [0, 0.1) is 0 Å². The molecule has 0 radical (unpaired) electrons. The van der Waals surface area contributed by atoms with Crippen molar-refractivity contribution in [2.45, 2.75) is 89.1 Å². The Kier molecular flexibility index (Phi) is 12.4. The van der Waals surface area contributed by atoms with E-state index in [-0.39, 0.29) is 13.2 Å². The van der Waals surface area contributed by atoms with Crippen LogP contribution in [0.5, 0.6) is 0 Å². The summed E-state index contributed by atoms with van der Waals surface area (Å²) in [5.74, 6) is 0. The molecule has 1 aliphatic heterocycles. The standard InChI is InChI=1S/C19H36O5/c1-2-3-4-5-6-7-8-9-10-11-12-13-23-19-16(21)15-24-17(14-20)18(19)22/h9-10,16-22H,2-8,11-15H2,1H3/b10-9+/t16-,17+,18+,19+/m0/s1. The van der Waals surface area contributed by atoms with Gasteiger partial charge in [0, 0.05) is 6.61 Å². The third-order valence-corrected chi connectivity index (χ3v) is 4.47. The molecule has 0 saturated carbocycles. The molecule has 0 aromatic rings. The number of ether oxygens (including phenoxy) is 2. The first-order valence-electron chi connectivity index (χ1n) is 9.55. The van der Waals surface area contributed by atoms with Crippen LogP contribution in [0.4, 0.5) is 0 Å². The van der Waals surface area contributed by atoms with Gasteiger partial charge in [0.1, 0.15) is 24.4 Å². The second-order valence-corrected chi connectivity index (χ2v) is 6.62. The predicted octanol–water partition coefficient (Wildman–Crippen LogP) is 2.57. The van der Waals surface area contributed by atoms with Gasteiger partial charge < -0.3 is 24.8 Å². The van der Waals surface area contributed by atoms with Crippen molar-refractivity contribution in [2.24, 2.45) is 0 Å². The fourth-order valence-corrected chi connectivity index (χ4v) is 2.92. The van der Waals surface area contributed by atoms with Crippen molar-refractivity contribution in [1.82, 2.24) is 0 Å². The lowest BCUT2D eigenvalue weighted by Crippen LogP contribution is -2.55. The summed E-state index contributed by atoms with van der Waals surface area (Å²) in [4.78, 5) is 0. The van der Waals surface area contributed by atoms with Gasteiger partial charge in [-0.05, 0) is 25.7 Å². The maximum atomic E-state index is 9.99. The van der Waals surface area contributed by atoms with Gasteiger partial charge in [-0.25, -0.2) is 0 Å². The summed E-state index contributed by atoms with van der Waals surface area (Å²) in [6.45, 7) is 2.54. The number of hydrogen-bond donors (Lipinski definition) is 3. The first-order valence-corrected chi connectivity index (χ1v) is 9.55. The minimum atomic E-state index is -0.984. The van der Waals surface area contributed by atoms with Gasteiger partial charge >= 0.3 is 0 Å². The molecule has 0 bridgehead atoms. The van der Waals surface area contributed by atoms with Crippen molar-refractivity contribution in [3.8, 4) is 0 Å². The molecule has 142 valence electrons. The first kappa shape index (κ1) is 21.6. The van der Waals surface area contributed by atoms with Gasteiger partial charge in [0.15, 0.2) is 0 Å². The molecule has 4 atom stereocenters. The highest BCUT2D eigenvalue weighted by atomic mass is 16.6. The molecule has 24 heavy (non-hydrogen) atoms. The van der Waals surface area contributed by atoms with E-state index >= 15 is 0 Å². The van der Waals surface area contributed by atoms with Gasteiger partial charge in [0.25, 0.3) is 0 Å². The molecular weight excluding hydrogens is 308 g/mol. The smallest absolute Gasteiger partial charge is 0.114 e. The Morgan fingerprint density at radius 1 is 1.00 bits per heavy atom. The lowest BCUT2D eigenvalue weighted by Gasteiger charge is -2.37. The van der Waals surface area contributed by atoms with Gasteiger partial charge in [-0.1, -0.05) is 51.2 Å². The molecule has 0 aliphatic carbocycles. The van der Waals surface area contributed by atoms with Gasteiger partial charge in [-0.2, -0.15) is 0 Å². The summed E-state index contributed by atoms with van der Waals surface area (Å²) in [6, 6.07) is 0. The van der Waals surface area contributed by atoms with E-state index in [9.17, 15) is 10.2 Å². The van der Waals surface area contributed by atoms with Crippen LogP contribution in [0.1, 0.15) is 64.7 Å². The van der Waals surface area contributed by atoms with E-state index in [1.807, 2.05) is 0 Å². The van der Waals surface area contributed by atoms with E-state index in [1.165, 1.54) is 38.5 Å². The van der Waals surface area contributed by atoms with E-state index in [0.29, 0.717) is 6.61 Å². The molecule has 1 saturated heterocycles. The fourth-order valence-electron chi connectivity index (χ4n) is 2.92. The van der Waals surface area contributed by atoms with Crippen LogP contribution in [0.25, 0.3) is 0 Å². The molecule has 0 amide bonds. The van der Waals surface area contributed by atoms with Gasteiger partial charge in [0.05, 0.1) is 13.2 Å². The van der Waals surface area contributed by atoms with Crippen LogP contribution in [0.15, 0.2) is 12.2 Å². The Hall–Kier alpha value is -0.460. The molecule has 0 aromatic heterocycles. The monoisotopic (exact) mass is 344 g/mol. The molecule has 1 heterocycles. The van der Waals surface area contributed by atoms with Crippen molar-refractivity contribution in [1.29, 1.82) is 0 Å². The third-order valence-electron chi connectivity index (χ3n) is 4.47.